The average molecular weight is 571 g/mol. The maximum absolute atomic E-state index is 15.4. The van der Waals surface area contributed by atoms with Crippen molar-refractivity contribution in [3.63, 3.8) is 0 Å². The maximum atomic E-state index is 15.4. The van der Waals surface area contributed by atoms with E-state index in [0.717, 1.165) is 12.8 Å². The Balaban J connectivity index is 1.45. The fourth-order valence-electron chi connectivity index (χ4n) is 5.28. The van der Waals surface area contributed by atoms with Gasteiger partial charge in [-0.3, -0.25) is 24.2 Å². The van der Waals surface area contributed by atoms with E-state index in [1.807, 2.05) is 0 Å². The molecule has 1 N–H and O–H groups in total. The summed E-state index contributed by atoms with van der Waals surface area (Å²) in [6, 6.07) is 5.69. The van der Waals surface area contributed by atoms with Gasteiger partial charge in [0.2, 0.25) is 16.9 Å². The zero-order valence-corrected chi connectivity index (χ0v) is 22.8. The van der Waals surface area contributed by atoms with E-state index in [-0.39, 0.29) is 41.1 Å². The minimum atomic E-state index is -1.09. The average Bonchev–Trinajstić information content (AvgIpc) is 3.46. The van der Waals surface area contributed by atoms with Gasteiger partial charge in [-0.25, -0.2) is 14.4 Å². The maximum Gasteiger partial charge on any atom is 0.304 e. The number of ether oxygens (including phenoxy) is 1. The van der Waals surface area contributed by atoms with Crippen LogP contribution in [0, 0.1) is 22.8 Å². The van der Waals surface area contributed by atoms with Crippen molar-refractivity contribution in [1.82, 2.24) is 9.97 Å². The number of nitrogens with zero attached hydrogens (tertiary/aromatic N) is 4. The minimum Gasteiger partial charge on any atom is -0.481 e. The Labute approximate surface area is 233 Å². The number of aromatic nitrogens is 2. The van der Waals surface area contributed by atoms with Crippen LogP contribution in [0.25, 0.3) is 22.4 Å². The van der Waals surface area contributed by atoms with Crippen molar-refractivity contribution in [3.8, 4) is 22.4 Å². The van der Waals surface area contributed by atoms with E-state index in [1.54, 1.807) is 13.1 Å². The van der Waals surface area contributed by atoms with E-state index in [0.29, 0.717) is 53.5 Å². The van der Waals surface area contributed by atoms with Crippen LogP contribution in [0.2, 0.25) is 0 Å². The summed E-state index contributed by atoms with van der Waals surface area (Å²) in [6.07, 6.45) is 3.24. The number of carbonyl (C=O) groups is 3. The first-order valence-electron chi connectivity index (χ1n) is 12.9. The van der Waals surface area contributed by atoms with Gasteiger partial charge in [-0.15, -0.1) is 0 Å². The number of pyridine rings is 1. The smallest absolute Gasteiger partial charge is 0.304 e. The van der Waals surface area contributed by atoms with Gasteiger partial charge in [0.15, 0.2) is 5.13 Å². The third-order valence-electron chi connectivity index (χ3n) is 7.45. The summed E-state index contributed by atoms with van der Waals surface area (Å²) in [5, 5.41) is 8.75. The van der Waals surface area contributed by atoms with Gasteiger partial charge in [0.05, 0.1) is 12.8 Å². The van der Waals surface area contributed by atoms with E-state index in [2.05, 4.69) is 9.97 Å². The molecule has 12 heteroatoms. The number of thiazole rings is 1. The molecular formula is C28H28F2N4O5S. The SMILES string of the molecule is CN(C(=O)[C@@H](CC(=O)O)CC1CCOCC1)c1nc(-c2cc(F)ccc2-c2cnc3c(c2)CC(=O)N3C)c(F)s1. The lowest BCUT2D eigenvalue weighted by atomic mass is 9.86. The monoisotopic (exact) mass is 570 g/mol. The van der Waals surface area contributed by atoms with Crippen LogP contribution in [-0.4, -0.2) is 60.2 Å². The Bertz CT molecular complexity index is 1470. The molecule has 0 bridgehead atoms. The summed E-state index contributed by atoms with van der Waals surface area (Å²) in [7, 11) is 3.08. The highest BCUT2D eigenvalue weighted by Crippen LogP contribution is 2.39. The number of hydrogen-bond acceptors (Lipinski definition) is 7. The number of likely N-dealkylation sites (N-methyl/N-ethyl adjacent to an activating group) is 1. The largest absolute Gasteiger partial charge is 0.481 e. The highest BCUT2D eigenvalue weighted by molar-refractivity contribution is 7.14. The highest BCUT2D eigenvalue weighted by atomic mass is 32.1. The molecule has 0 radical (unpaired) electrons. The van der Waals surface area contributed by atoms with Crippen LogP contribution in [0.1, 0.15) is 31.2 Å². The van der Waals surface area contributed by atoms with Crippen LogP contribution in [0.5, 0.6) is 0 Å². The van der Waals surface area contributed by atoms with Gasteiger partial charge < -0.3 is 9.84 Å². The number of aliphatic carboxylic acids is 1. The molecule has 3 aromatic rings. The van der Waals surface area contributed by atoms with E-state index in [4.69, 9.17) is 4.74 Å². The van der Waals surface area contributed by atoms with Crippen LogP contribution in [0.3, 0.4) is 0 Å². The molecule has 2 amide bonds. The van der Waals surface area contributed by atoms with Crippen LogP contribution < -0.4 is 9.80 Å². The molecule has 2 aliphatic rings. The molecule has 5 rings (SSSR count). The number of benzene rings is 1. The molecule has 40 heavy (non-hydrogen) atoms. The van der Waals surface area contributed by atoms with Crippen molar-refractivity contribution in [1.29, 1.82) is 0 Å². The predicted molar refractivity (Wildman–Crippen MR) is 145 cm³/mol. The number of halogens is 2. The third kappa shape index (κ3) is 5.59. The van der Waals surface area contributed by atoms with Gasteiger partial charge in [0.1, 0.15) is 17.3 Å². The first-order chi connectivity index (χ1) is 19.1. The van der Waals surface area contributed by atoms with Crippen molar-refractivity contribution in [2.75, 3.05) is 37.1 Å². The molecule has 4 heterocycles. The molecule has 2 aromatic heterocycles. The molecule has 1 atom stereocenters. The molecule has 1 aromatic carbocycles. The number of hydrogen-bond donors (Lipinski definition) is 1. The van der Waals surface area contributed by atoms with Gasteiger partial charge in [-0.2, -0.15) is 4.39 Å². The second kappa shape index (κ2) is 11.4. The molecular weight excluding hydrogens is 542 g/mol. The van der Waals surface area contributed by atoms with Gasteiger partial charge in [0.25, 0.3) is 0 Å². The topological polar surface area (TPSA) is 113 Å². The van der Waals surface area contributed by atoms with E-state index >= 15 is 4.39 Å². The van der Waals surface area contributed by atoms with E-state index < -0.39 is 28.7 Å². The minimum absolute atomic E-state index is 0.0365. The molecule has 210 valence electrons. The van der Waals surface area contributed by atoms with Crippen molar-refractivity contribution in [3.05, 3.63) is 47.0 Å². The molecule has 9 nitrogen and oxygen atoms in total. The van der Waals surface area contributed by atoms with Crippen molar-refractivity contribution < 1.29 is 33.0 Å². The second-order valence-corrected chi connectivity index (χ2v) is 11.1. The fourth-order valence-corrected chi connectivity index (χ4v) is 6.06. The lowest BCUT2D eigenvalue weighted by Gasteiger charge is -2.27. The summed E-state index contributed by atoms with van der Waals surface area (Å²) >= 11 is 0.629. The van der Waals surface area contributed by atoms with Crippen LogP contribution >= 0.6 is 11.3 Å². The predicted octanol–water partition coefficient (Wildman–Crippen LogP) is 4.54. The number of carboxylic acids is 1. The van der Waals surface area contributed by atoms with Gasteiger partial charge in [0, 0.05) is 56.1 Å². The number of carboxylic acid groups (broad SMARTS) is 1. The first kappa shape index (κ1) is 27.8. The lowest BCUT2D eigenvalue weighted by molar-refractivity contribution is -0.141. The Kier molecular flexibility index (Phi) is 7.90. The number of anilines is 2. The Morgan fingerprint density at radius 2 is 1.98 bits per heavy atom. The van der Waals surface area contributed by atoms with E-state index in [9.17, 15) is 23.9 Å². The molecule has 0 saturated carbocycles. The van der Waals surface area contributed by atoms with Crippen LogP contribution in [0.15, 0.2) is 30.5 Å². The summed E-state index contributed by atoms with van der Waals surface area (Å²) in [5.41, 5.74) is 1.77. The summed E-state index contributed by atoms with van der Waals surface area (Å²) in [5.74, 6) is -2.36. The Morgan fingerprint density at radius 1 is 1.23 bits per heavy atom. The number of rotatable bonds is 8. The van der Waals surface area contributed by atoms with Crippen molar-refractivity contribution in [2.45, 2.75) is 32.1 Å². The highest BCUT2D eigenvalue weighted by Gasteiger charge is 2.32. The Hall–Kier alpha value is -3.77. The van der Waals surface area contributed by atoms with Gasteiger partial charge in [-0.05, 0) is 48.9 Å². The quantitative estimate of drug-likeness (QED) is 0.423. The normalized spacial score (nSPS) is 16.2. The lowest BCUT2D eigenvalue weighted by Crippen LogP contribution is -2.35. The number of carbonyl (C=O) groups excluding carboxylic acids is 2. The zero-order chi connectivity index (χ0) is 28.6. The molecule has 0 aliphatic carbocycles. The Morgan fingerprint density at radius 3 is 2.70 bits per heavy atom. The van der Waals surface area contributed by atoms with Gasteiger partial charge in [-0.1, -0.05) is 17.4 Å². The number of amides is 2. The van der Waals surface area contributed by atoms with E-state index in [1.165, 1.54) is 41.2 Å². The summed E-state index contributed by atoms with van der Waals surface area (Å²) in [6.45, 7) is 1.14. The summed E-state index contributed by atoms with van der Waals surface area (Å²) < 4.78 is 35.1. The summed E-state index contributed by atoms with van der Waals surface area (Å²) in [4.78, 5) is 48.4. The first-order valence-corrected chi connectivity index (χ1v) is 13.7. The third-order valence-corrected chi connectivity index (χ3v) is 8.37. The van der Waals surface area contributed by atoms with Gasteiger partial charge >= 0.3 is 5.97 Å². The standard InChI is InChI=1S/C28H28F2N4O5S/c1-33-22(35)11-16-10-18(14-31-26(16)33)20-4-3-19(29)13-21(20)24-25(30)40-28(32-24)34(2)27(38)17(12-23(36)37)9-15-5-7-39-8-6-15/h3-4,10,13-15,17H,5-9,11-12H2,1-2H3,(H,36,37)/t17-/m1/s1. The second-order valence-electron chi connectivity index (χ2n) is 10.1. The van der Waals surface area contributed by atoms with Crippen molar-refractivity contribution in [2.24, 2.45) is 11.8 Å². The van der Waals surface area contributed by atoms with Crippen LogP contribution in [-0.2, 0) is 25.5 Å². The molecule has 0 spiro atoms. The van der Waals surface area contributed by atoms with Crippen molar-refractivity contribution >= 4 is 40.1 Å². The molecule has 1 saturated heterocycles. The molecule has 2 aliphatic heterocycles. The number of fused-ring (bicyclic) bond motifs is 1. The molecule has 0 unspecified atom stereocenters. The fraction of sp³-hybridized carbons (Fsp3) is 0.393. The molecule has 1 fully saturated rings. The van der Waals surface area contributed by atoms with Crippen LogP contribution in [0.4, 0.5) is 19.7 Å². The zero-order valence-electron chi connectivity index (χ0n) is 22.0.